The molecule has 0 aliphatic heterocycles. The van der Waals surface area contributed by atoms with E-state index < -0.39 is 29.7 Å². The van der Waals surface area contributed by atoms with Gasteiger partial charge >= 0.3 is 12.2 Å². The lowest BCUT2D eigenvalue weighted by Gasteiger charge is -2.14. The van der Waals surface area contributed by atoms with Crippen molar-refractivity contribution in [2.24, 2.45) is 0 Å². The SMILES string of the molecule is CCC(O)CCNC(=O)NCc1ccc(F)cc1C(F)(F)F. The van der Waals surface area contributed by atoms with E-state index in [4.69, 9.17) is 0 Å². The highest BCUT2D eigenvalue weighted by atomic mass is 19.4. The topological polar surface area (TPSA) is 61.4 Å². The van der Waals surface area contributed by atoms with E-state index >= 15 is 0 Å². The molecule has 4 nitrogen and oxygen atoms in total. The van der Waals surface area contributed by atoms with Crippen molar-refractivity contribution in [2.75, 3.05) is 6.54 Å². The van der Waals surface area contributed by atoms with E-state index in [-0.39, 0.29) is 18.7 Å². The number of alkyl halides is 3. The number of halogens is 4. The van der Waals surface area contributed by atoms with Crippen LogP contribution in [0.2, 0.25) is 0 Å². The predicted octanol–water partition coefficient (Wildman–Crippen LogP) is 2.80. The molecule has 0 fully saturated rings. The third kappa shape index (κ3) is 5.88. The average molecular weight is 322 g/mol. The van der Waals surface area contributed by atoms with Crippen molar-refractivity contribution in [1.82, 2.24) is 10.6 Å². The molecule has 1 atom stereocenters. The van der Waals surface area contributed by atoms with E-state index in [0.717, 1.165) is 12.1 Å². The molecule has 0 aliphatic rings. The molecule has 8 heteroatoms. The lowest BCUT2D eigenvalue weighted by molar-refractivity contribution is -0.138. The highest BCUT2D eigenvalue weighted by Crippen LogP contribution is 2.32. The maximum absolute atomic E-state index is 12.9. The Balaban J connectivity index is 2.56. The van der Waals surface area contributed by atoms with Crippen LogP contribution in [0.1, 0.15) is 30.9 Å². The molecule has 22 heavy (non-hydrogen) atoms. The lowest BCUT2D eigenvalue weighted by Crippen LogP contribution is -2.36. The summed E-state index contributed by atoms with van der Waals surface area (Å²) >= 11 is 0. The van der Waals surface area contributed by atoms with Gasteiger partial charge in [-0.05, 0) is 30.5 Å². The number of amides is 2. The third-order valence-electron chi connectivity index (χ3n) is 3.05. The van der Waals surface area contributed by atoms with Crippen LogP contribution in [0.3, 0.4) is 0 Å². The number of urea groups is 1. The second-order valence-electron chi connectivity index (χ2n) is 4.76. The van der Waals surface area contributed by atoms with Crippen molar-refractivity contribution in [3.63, 3.8) is 0 Å². The maximum atomic E-state index is 12.9. The van der Waals surface area contributed by atoms with Crippen LogP contribution in [0.5, 0.6) is 0 Å². The van der Waals surface area contributed by atoms with Crippen LogP contribution in [0.4, 0.5) is 22.4 Å². The summed E-state index contributed by atoms with van der Waals surface area (Å²) in [5.74, 6) is -0.992. The fraction of sp³-hybridized carbons (Fsp3) is 0.500. The van der Waals surface area contributed by atoms with Crippen LogP contribution in [-0.2, 0) is 12.7 Å². The van der Waals surface area contributed by atoms with Gasteiger partial charge in [-0.15, -0.1) is 0 Å². The molecular weight excluding hydrogens is 304 g/mol. The summed E-state index contributed by atoms with van der Waals surface area (Å²) in [5.41, 5.74) is -1.34. The third-order valence-corrected chi connectivity index (χ3v) is 3.05. The van der Waals surface area contributed by atoms with Crippen LogP contribution in [0, 0.1) is 5.82 Å². The first-order chi connectivity index (χ1) is 10.2. The minimum absolute atomic E-state index is 0.205. The van der Waals surface area contributed by atoms with Crippen LogP contribution < -0.4 is 10.6 Å². The molecule has 0 saturated heterocycles. The van der Waals surface area contributed by atoms with Crippen molar-refractivity contribution < 1.29 is 27.5 Å². The molecule has 1 rings (SSSR count). The van der Waals surface area contributed by atoms with Crippen LogP contribution in [0.25, 0.3) is 0 Å². The minimum Gasteiger partial charge on any atom is -0.393 e. The molecule has 3 N–H and O–H groups in total. The standard InChI is InChI=1S/C14H18F4N2O2/c1-2-11(21)5-6-19-13(22)20-8-9-3-4-10(15)7-12(9)14(16,17)18/h3-4,7,11,21H,2,5-6,8H2,1H3,(H2,19,20,22). The second kappa shape index (κ2) is 7.98. The predicted molar refractivity (Wildman–Crippen MR) is 72.6 cm³/mol. The molecule has 0 heterocycles. The van der Waals surface area contributed by atoms with Crippen LogP contribution >= 0.6 is 0 Å². The Morgan fingerprint density at radius 3 is 2.59 bits per heavy atom. The summed E-state index contributed by atoms with van der Waals surface area (Å²) in [4.78, 5) is 11.5. The molecule has 1 unspecified atom stereocenters. The largest absolute Gasteiger partial charge is 0.416 e. The zero-order valence-electron chi connectivity index (χ0n) is 12.0. The summed E-state index contributed by atoms with van der Waals surface area (Å²) in [6, 6.07) is 1.63. The minimum atomic E-state index is -4.69. The van der Waals surface area contributed by atoms with Gasteiger partial charge < -0.3 is 15.7 Å². The molecule has 1 aromatic carbocycles. The van der Waals surface area contributed by atoms with Crippen molar-refractivity contribution >= 4 is 6.03 Å². The van der Waals surface area contributed by atoms with Gasteiger partial charge in [0, 0.05) is 13.1 Å². The Hall–Kier alpha value is -1.83. The van der Waals surface area contributed by atoms with Crippen molar-refractivity contribution in [3.8, 4) is 0 Å². The van der Waals surface area contributed by atoms with Gasteiger partial charge in [0.15, 0.2) is 0 Å². The molecule has 0 bridgehead atoms. The normalized spacial score (nSPS) is 12.8. The summed E-state index contributed by atoms with van der Waals surface area (Å²) in [7, 11) is 0. The lowest BCUT2D eigenvalue weighted by atomic mass is 10.1. The van der Waals surface area contributed by atoms with Crippen molar-refractivity contribution in [2.45, 2.75) is 38.6 Å². The summed E-state index contributed by atoms with van der Waals surface area (Å²) in [6.07, 6.45) is -4.32. The van der Waals surface area contributed by atoms with E-state index in [1.165, 1.54) is 0 Å². The quantitative estimate of drug-likeness (QED) is 0.705. The van der Waals surface area contributed by atoms with E-state index in [1.807, 2.05) is 0 Å². The number of hydrogen-bond donors (Lipinski definition) is 3. The van der Waals surface area contributed by atoms with Gasteiger partial charge in [-0.25, -0.2) is 9.18 Å². The number of benzene rings is 1. The van der Waals surface area contributed by atoms with E-state index in [2.05, 4.69) is 10.6 Å². The summed E-state index contributed by atoms with van der Waals surface area (Å²) < 4.78 is 51.2. The zero-order valence-corrected chi connectivity index (χ0v) is 12.0. The summed E-state index contributed by atoms with van der Waals surface area (Å²) in [5, 5.41) is 14.0. The van der Waals surface area contributed by atoms with Gasteiger partial charge in [0.1, 0.15) is 5.82 Å². The first-order valence-electron chi connectivity index (χ1n) is 6.79. The highest BCUT2D eigenvalue weighted by molar-refractivity contribution is 5.73. The van der Waals surface area contributed by atoms with Crippen LogP contribution in [0.15, 0.2) is 18.2 Å². The maximum Gasteiger partial charge on any atom is 0.416 e. The Morgan fingerprint density at radius 2 is 2.00 bits per heavy atom. The monoisotopic (exact) mass is 322 g/mol. The number of aliphatic hydroxyl groups excluding tert-OH is 1. The first-order valence-corrected chi connectivity index (χ1v) is 6.79. The van der Waals surface area contributed by atoms with Gasteiger partial charge in [0.05, 0.1) is 11.7 Å². The molecule has 0 aliphatic carbocycles. The molecule has 0 spiro atoms. The number of hydrogen-bond acceptors (Lipinski definition) is 2. The Labute approximate surface area is 125 Å². The Kier molecular flexibility index (Phi) is 6.61. The van der Waals surface area contributed by atoms with Gasteiger partial charge in [-0.3, -0.25) is 0 Å². The molecule has 0 saturated carbocycles. The summed E-state index contributed by atoms with van der Waals surface area (Å²) in [6.45, 7) is 1.62. The highest BCUT2D eigenvalue weighted by Gasteiger charge is 2.33. The fourth-order valence-corrected chi connectivity index (χ4v) is 1.76. The van der Waals surface area contributed by atoms with Gasteiger partial charge in [0.2, 0.25) is 0 Å². The van der Waals surface area contributed by atoms with Gasteiger partial charge in [-0.1, -0.05) is 13.0 Å². The number of nitrogens with one attached hydrogen (secondary N) is 2. The number of aliphatic hydroxyl groups is 1. The number of carbonyl (C=O) groups excluding carboxylic acids is 1. The Bertz CT molecular complexity index is 506. The number of rotatable bonds is 6. The Morgan fingerprint density at radius 1 is 1.32 bits per heavy atom. The molecule has 0 aromatic heterocycles. The van der Waals surface area contributed by atoms with E-state index in [1.54, 1.807) is 6.92 Å². The molecule has 124 valence electrons. The first kappa shape index (κ1) is 18.2. The van der Waals surface area contributed by atoms with Crippen molar-refractivity contribution in [3.05, 3.63) is 35.1 Å². The second-order valence-corrected chi connectivity index (χ2v) is 4.76. The van der Waals surface area contributed by atoms with E-state index in [0.29, 0.717) is 18.9 Å². The van der Waals surface area contributed by atoms with Crippen LogP contribution in [-0.4, -0.2) is 23.8 Å². The fourth-order valence-electron chi connectivity index (χ4n) is 1.76. The average Bonchev–Trinajstić information content (AvgIpc) is 2.44. The van der Waals surface area contributed by atoms with Crippen molar-refractivity contribution in [1.29, 1.82) is 0 Å². The molecule has 0 radical (unpaired) electrons. The zero-order chi connectivity index (χ0) is 16.8. The van der Waals surface area contributed by atoms with Gasteiger partial charge in [-0.2, -0.15) is 13.2 Å². The smallest absolute Gasteiger partial charge is 0.393 e. The molecule has 1 aromatic rings. The van der Waals surface area contributed by atoms with E-state index in [9.17, 15) is 27.5 Å². The molecular formula is C14H18F4N2O2. The molecule has 2 amide bonds. The number of carbonyl (C=O) groups is 1. The van der Waals surface area contributed by atoms with Gasteiger partial charge in [0.25, 0.3) is 0 Å².